The normalized spacial score (nSPS) is 18.4. The van der Waals surface area contributed by atoms with E-state index in [9.17, 15) is 9.59 Å². The molecule has 9 heteroatoms. The van der Waals surface area contributed by atoms with Crippen LogP contribution in [-0.4, -0.2) is 47.2 Å². The van der Waals surface area contributed by atoms with Crippen LogP contribution < -0.4 is 10.1 Å². The number of aliphatic hydroxyl groups is 1. The lowest BCUT2D eigenvalue weighted by Gasteiger charge is -2.32. The Hall–Kier alpha value is -4.47. The number of carbonyl (C=O) groups is 2. The predicted molar refractivity (Wildman–Crippen MR) is 188 cm³/mol. The number of hydrogen-bond donors (Lipinski definition) is 2. The van der Waals surface area contributed by atoms with Crippen LogP contribution in [0.15, 0.2) is 107 Å². The summed E-state index contributed by atoms with van der Waals surface area (Å²) in [4.78, 5) is 33.2. The van der Waals surface area contributed by atoms with Crippen LogP contribution in [0.5, 0.6) is 5.75 Å². The Morgan fingerprint density at radius 1 is 0.917 bits per heavy atom. The maximum Gasteiger partial charge on any atom is 0.306 e. The summed E-state index contributed by atoms with van der Waals surface area (Å²) < 4.78 is 18.9. The summed E-state index contributed by atoms with van der Waals surface area (Å²) in [6, 6.07) is 30.6. The molecule has 0 bridgehead atoms. The van der Waals surface area contributed by atoms with Crippen molar-refractivity contribution in [2.24, 2.45) is 4.99 Å². The standard InChI is InChI=1S/C39H39BrN2O6/c1-38(2,3)48-33(44)21-22-39(37(45)41-34-31-11-6-4-9-29(31)30-10-5-7-12-32(30)34)35(25-13-17-27(40)18-14-25)47-36(42-39)26-15-19-28(20-16-26)46-24-8-23-43/h4-7,9-20,34-35,43H,8,21-24H2,1-3H3,(H,41,45)/t35-,39-/m1/s1. The van der Waals surface area contributed by atoms with E-state index >= 15 is 0 Å². The molecule has 0 fully saturated rings. The molecule has 0 radical (unpaired) electrons. The van der Waals surface area contributed by atoms with E-state index in [0.717, 1.165) is 32.3 Å². The molecule has 4 aromatic carbocycles. The highest BCUT2D eigenvalue weighted by Gasteiger charge is 2.54. The van der Waals surface area contributed by atoms with E-state index in [4.69, 9.17) is 24.3 Å². The number of nitrogens with one attached hydrogen (secondary N) is 1. The number of aliphatic hydroxyl groups excluding tert-OH is 1. The summed E-state index contributed by atoms with van der Waals surface area (Å²) in [5.41, 5.74) is 3.34. The number of ether oxygens (including phenoxy) is 3. The molecule has 248 valence electrons. The maximum atomic E-state index is 15.0. The molecule has 0 unspecified atom stereocenters. The lowest BCUT2D eigenvalue weighted by Crippen LogP contribution is -2.49. The molecular formula is C39H39BrN2O6. The van der Waals surface area contributed by atoms with E-state index in [1.54, 1.807) is 12.1 Å². The van der Waals surface area contributed by atoms with Gasteiger partial charge in [-0.1, -0.05) is 76.6 Å². The predicted octanol–water partition coefficient (Wildman–Crippen LogP) is 7.48. The van der Waals surface area contributed by atoms with Crippen LogP contribution in [0.3, 0.4) is 0 Å². The van der Waals surface area contributed by atoms with Crippen molar-refractivity contribution < 1.29 is 28.9 Å². The van der Waals surface area contributed by atoms with Gasteiger partial charge in [0.05, 0.1) is 12.6 Å². The molecule has 0 spiro atoms. The number of nitrogens with zero attached hydrogens (tertiary/aromatic N) is 1. The van der Waals surface area contributed by atoms with Crippen molar-refractivity contribution in [2.75, 3.05) is 13.2 Å². The maximum absolute atomic E-state index is 15.0. The molecule has 1 aliphatic carbocycles. The van der Waals surface area contributed by atoms with Crippen LogP contribution in [0.25, 0.3) is 11.1 Å². The number of fused-ring (bicyclic) bond motifs is 3. The molecule has 1 amide bonds. The average Bonchev–Trinajstić information content (AvgIpc) is 3.61. The number of aliphatic imine (C=N–C) groups is 1. The summed E-state index contributed by atoms with van der Waals surface area (Å²) in [6.07, 6.45) is -0.308. The Morgan fingerprint density at radius 2 is 1.54 bits per heavy atom. The summed E-state index contributed by atoms with van der Waals surface area (Å²) in [5, 5.41) is 12.4. The number of amides is 1. The highest BCUT2D eigenvalue weighted by atomic mass is 79.9. The minimum Gasteiger partial charge on any atom is -0.494 e. The molecule has 1 heterocycles. The second-order valence-corrected chi connectivity index (χ2v) is 13.9. The quantitative estimate of drug-likeness (QED) is 0.124. The van der Waals surface area contributed by atoms with Crippen LogP contribution in [-0.2, 0) is 19.1 Å². The topological polar surface area (TPSA) is 106 Å². The van der Waals surface area contributed by atoms with Crippen LogP contribution in [0.2, 0.25) is 0 Å². The fraction of sp³-hybridized carbons (Fsp3) is 0.308. The zero-order valence-corrected chi connectivity index (χ0v) is 28.8. The number of benzene rings is 4. The zero-order chi connectivity index (χ0) is 33.9. The summed E-state index contributed by atoms with van der Waals surface area (Å²) in [7, 11) is 0. The van der Waals surface area contributed by atoms with Crippen LogP contribution >= 0.6 is 15.9 Å². The van der Waals surface area contributed by atoms with Gasteiger partial charge in [0.25, 0.3) is 5.91 Å². The van der Waals surface area contributed by atoms with Gasteiger partial charge in [0.2, 0.25) is 5.90 Å². The van der Waals surface area contributed by atoms with E-state index < -0.39 is 29.3 Å². The highest BCUT2D eigenvalue weighted by molar-refractivity contribution is 9.10. The minimum atomic E-state index is -1.51. The molecule has 0 saturated heterocycles. The largest absolute Gasteiger partial charge is 0.494 e. The van der Waals surface area contributed by atoms with Crippen LogP contribution in [0, 0.1) is 0 Å². The molecule has 6 rings (SSSR count). The Morgan fingerprint density at radius 3 is 2.15 bits per heavy atom. The van der Waals surface area contributed by atoms with Crippen molar-refractivity contribution in [3.05, 3.63) is 124 Å². The highest BCUT2D eigenvalue weighted by Crippen LogP contribution is 2.47. The third kappa shape index (κ3) is 7.03. The Bertz CT molecular complexity index is 1770. The van der Waals surface area contributed by atoms with Gasteiger partial charge in [-0.2, -0.15) is 0 Å². The first kappa shape index (κ1) is 33.4. The van der Waals surface area contributed by atoms with E-state index in [1.807, 2.05) is 93.6 Å². The number of hydrogen-bond acceptors (Lipinski definition) is 7. The molecule has 2 N–H and O–H groups in total. The monoisotopic (exact) mass is 710 g/mol. The zero-order valence-electron chi connectivity index (χ0n) is 27.2. The SMILES string of the molecule is CC(C)(C)OC(=O)CC[C@@]1(C(=O)NC2c3ccccc3-c3ccccc32)N=C(c2ccc(OCCCO)cc2)O[C@@H]1c1ccc(Br)cc1. The van der Waals surface area contributed by atoms with Crippen molar-refractivity contribution >= 4 is 33.7 Å². The van der Waals surface area contributed by atoms with Gasteiger partial charge >= 0.3 is 5.97 Å². The minimum absolute atomic E-state index is 0.0473. The van der Waals surface area contributed by atoms with Crippen LogP contribution in [0.4, 0.5) is 0 Å². The Kier molecular flexibility index (Phi) is 9.71. The summed E-state index contributed by atoms with van der Waals surface area (Å²) in [5.74, 6) is 0.155. The van der Waals surface area contributed by atoms with Gasteiger partial charge in [-0.25, -0.2) is 4.99 Å². The third-order valence-corrected chi connectivity index (χ3v) is 8.97. The van der Waals surface area contributed by atoms with Gasteiger partial charge in [-0.15, -0.1) is 0 Å². The first-order valence-corrected chi connectivity index (χ1v) is 16.9. The Labute approximate surface area is 289 Å². The first-order chi connectivity index (χ1) is 23.1. The molecule has 0 saturated carbocycles. The molecule has 1 aliphatic heterocycles. The van der Waals surface area contributed by atoms with Gasteiger partial charge in [0, 0.05) is 29.5 Å². The first-order valence-electron chi connectivity index (χ1n) is 16.1. The second kappa shape index (κ2) is 13.9. The van der Waals surface area contributed by atoms with Crippen molar-refractivity contribution in [1.29, 1.82) is 0 Å². The van der Waals surface area contributed by atoms with Crippen molar-refractivity contribution in [2.45, 2.75) is 63.3 Å². The average molecular weight is 712 g/mol. The van der Waals surface area contributed by atoms with Gasteiger partial charge in [0.15, 0.2) is 11.6 Å². The summed E-state index contributed by atoms with van der Waals surface area (Å²) >= 11 is 3.52. The van der Waals surface area contributed by atoms with Crippen molar-refractivity contribution in [1.82, 2.24) is 5.32 Å². The van der Waals surface area contributed by atoms with Gasteiger partial charge in [-0.05, 0) is 91.4 Å². The lowest BCUT2D eigenvalue weighted by atomic mass is 9.83. The molecule has 48 heavy (non-hydrogen) atoms. The Balaban J connectivity index is 1.42. The summed E-state index contributed by atoms with van der Waals surface area (Å²) in [6.45, 7) is 5.89. The van der Waals surface area contributed by atoms with Crippen LogP contribution in [0.1, 0.15) is 74.4 Å². The second-order valence-electron chi connectivity index (χ2n) is 13.0. The molecule has 2 atom stereocenters. The number of esters is 1. The molecule has 0 aromatic heterocycles. The van der Waals surface area contributed by atoms with Crippen molar-refractivity contribution in [3.63, 3.8) is 0 Å². The molecular weight excluding hydrogens is 672 g/mol. The fourth-order valence-electron chi connectivity index (χ4n) is 6.26. The number of carbonyl (C=O) groups excluding carboxylic acids is 2. The fourth-order valence-corrected chi connectivity index (χ4v) is 6.52. The smallest absolute Gasteiger partial charge is 0.306 e. The number of halogens is 1. The number of rotatable bonds is 11. The van der Waals surface area contributed by atoms with E-state index in [2.05, 4.69) is 33.4 Å². The molecule has 4 aromatic rings. The van der Waals surface area contributed by atoms with Gasteiger partial charge in [0.1, 0.15) is 11.4 Å². The van der Waals surface area contributed by atoms with Gasteiger partial charge < -0.3 is 24.6 Å². The van der Waals surface area contributed by atoms with Gasteiger partial charge in [-0.3, -0.25) is 9.59 Å². The molecule has 2 aliphatic rings. The van der Waals surface area contributed by atoms with E-state index in [0.29, 0.717) is 24.3 Å². The third-order valence-electron chi connectivity index (χ3n) is 8.44. The van der Waals surface area contributed by atoms with E-state index in [1.165, 1.54) is 0 Å². The molecule has 8 nitrogen and oxygen atoms in total. The lowest BCUT2D eigenvalue weighted by molar-refractivity contribution is -0.155. The van der Waals surface area contributed by atoms with E-state index in [-0.39, 0.29) is 31.3 Å². The van der Waals surface area contributed by atoms with Crippen molar-refractivity contribution in [3.8, 4) is 16.9 Å².